The van der Waals surface area contributed by atoms with E-state index in [1.807, 2.05) is 0 Å². The van der Waals surface area contributed by atoms with Gasteiger partial charge in [-0.2, -0.15) is 4.39 Å². The first-order valence-corrected chi connectivity index (χ1v) is 9.58. The molecule has 1 aromatic heterocycles. The highest BCUT2D eigenvalue weighted by Crippen LogP contribution is 2.49. The summed E-state index contributed by atoms with van der Waals surface area (Å²) in [6.45, 7) is 0.349. The largest absolute Gasteiger partial charge is 0.362 e. The van der Waals surface area contributed by atoms with Crippen molar-refractivity contribution < 1.29 is 17.2 Å². The Morgan fingerprint density at radius 3 is 2.70 bits per heavy atom. The molecule has 1 saturated heterocycles. The quantitative estimate of drug-likeness (QED) is 0.753. The van der Waals surface area contributed by atoms with Crippen LogP contribution >= 0.6 is 15.9 Å². The van der Waals surface area contributed by atoms with Gasteiger partial charge in [-0.15, -0.1) is 0 Å². The molecule has 1 aliphatic carbocycles. The molecule has 3 rings (SSSR count). The van der Waals surface area contributed by atoms with Gasteiger partial charge in [0.15, 0.2) is 14.6 Å². The minimum absolute atomic E-state index is 0.0310. The second kappa shape index (κ2) is 5.20. The van der Waals surface area contributed by atoms with Crippen molar-refractivity contribution >= 4 is 31.6 Å². The maximum absolute atomic E-state index is 14.1. The van der Waals surface area contributed by atoms with Crippen LogP contribution in [0.1, 0.15) is 25.3 Å². The molecule has 1 saturated carbocycles. The van der Waals surface area contributed by atoms with E-state index in [-0.39, 0.29) is 11.5 Å². The molecular formula is C14H16BrF2N3O2S. The van der Waals surface area contributed by atoms with Crippen LogP contribution in [-0.2, 0) is 15.4 Å². The summed E-state index contributed by atoms with van der Waals surface area (Å²) in [4.78, 5) is 3.58. The molecule has 2 fully saturated rings. The standard InChI is InChI=1S/C14H16BrF2N3O2S/c1-13(10-4-9(15)5-19-11(10)17)7-23(21,22)14(6-16,8-2-3-8)12(18)20-13/h4-5,8H,2-3,6-7H2,1H3,(H2,18,20)/t13-,14-/m0/s1. The maximum Gasteiger partial charge on any atom is 0.218 e. The molecule has 1 aliphatic heterocycles. The lowest BCUT2D eigenvalue weighted by atomic mass is 9.92. The second-order valence-corrected chi connectivity index (χ2v) is 9.54. The lowest BCUT2D eigenvalue weighted by molar-refractivity contribution is 0.356. The van der Waals surface area contributed by atoms with Crippen LogP contribution in [0.2, 0.25) is 0 Å². The van der Waals surface area contributed by atoms with Crippen LogP contribution in [0.25, 0.3) is 0 Å². The van der Waals surface area contributed by atoms with Crippen molar-refractivity contribution in [3.63, 3.8) is 0 Å². The summed E-state index contributed by atoms with van der Waals surface area (Å²) in [5.41, 5.74) is -1.34. The zero-order chi connectivity index (χ0) is 17.0. The van der Waals surface area contributed by atoms with Gasteiger partial charge in [-0.3, -0.25) is 5.41 Å². The average molecular weight is 408 g/mol. The Kier molecular flexibility index (Phi) is 3.79. The van der Waals surface area contributed by atoms with Crippen LogP contribution in [0.4, 0.5) is 8.78 Å². The zero-order valence-corrected chi connectivity index (χ0v) is 14.8. The van der Waals surface area contributed by atoms with Gasteiger partial charge in [-0.05, 0) is 47.7 Å². The number of hydrogen-bond donors (Lipinski definition) is 2. The van der Waals surface area contributed by atoms with Crippen molar-refractivity contribution in [2.24, 2.45) is 5.92 Å². The summed E-state index contributed by atoms with van der Waals surface area (Å²) in [6.07, 6.45) is 2.42. The molecule has 2 heterocycles. The molecule has 0 radical (unpaired) electrons. The van der Waals surface area contributed by atoms with Gasteiger partial charge in [0, 0.05) is 16.2 Å². The van der Waals surface area contributed by atoms with Gasteiger partial charge in [-0.25, -0.2) is 17.8 Å². The Bertz CT molecular complexity index is 784. The highest BCUT2D eigenvalue weighted by Gasteiger charge is 2.63. The summed E-state index contributed by atoms with van der Waals surface area (Å²) < 4.78 is 52.2. The third-order valence-corrected chi connectivity index (χ3v) is 7.84. The van der Waals surface area contributed by atoms with Gasteiger partial charge in [0.2, 0.25) is 5.95 Å². The van der Waals surface area contributed by atoms with Crippen LogP contribution < -0.4 is 5.32 Å². The van der Waals surface area contributed by atoms with E-state index in [2.05, 4.69) is 26.2 Å². The number of pyridine rings is 1. The van der Waals surface area contributed by atoms with Gasteiger partial charge in [-0.1, -0.05) is 0 Å². The van der Waals surface area contributed by atoms with Crippen molar-refractivity contribution in [1.82, 2.24) is 10.3 Å². The first-order valence-electron chi connectivity index (χ1n) is 7.13. The van der Waals surface area contributed by atoms with E-state index in [1.54, 1.807) is 0 Å². The molecule has 5 nitrogen and oxygen atoms in total. The van der Waals surface area contributed by atoms with Crippen LogP contribution in [0.5, 0.6) is 0 Å². The minimum Gasteiger partial charge on any atom is -0.362 e. The molecule has 1 aromatic rings. The zero-order valence-electron chi connectivity index (χ0n) is 12.4. The Morgan fingerprint density at radius 2 is 2.17 bits per heavy atom. The first-order chi connectivity index (χ1) is 10.7. The summed E-state index contributed by atoms with van der Waals surface area (Å²) >= 11 is 3.18. The van der Waals surface area contributed by atoms with Crippen molar-refractivity contribution in [1.29, 1.82) is 5.41 Å². The third kappa shape index (κ3) is 2.39. The molecule has 0 unspecified atom stereocenters. The number of sulfone groups is 1. The normalized spacial score (nSPS) is 33.3. The number of halogens is 3. The Balaban J connectivity index is 2.10. The van der Waals surface area contributed by atoms with Crippen molar-refractivity contribution in [2.75, 3.05) is 12.4 Å². The first kappa shape index (κ1) is 16.8. The lowest BCUT2D eigenvalue weighted by Crippen LogP contribution is -2.68. The van der Waals surface area contributed by atoms with Crippen LogP contribution in [-0.4, -0.2) is 36.4 Å². The fourth-order valence-corrected chi connectivity index (χ4v) is 6.15. The number of hydrogen-bond acceptors (Lipinski definition) is 4. The van der Waals surface area contributed by atoms with Gasteiger partial charge in [0.25, 0.3) is 0 Å². The Labute approximate surface area is 141 Å². The molecule has 2 N–H and O–H groups in total. The molecule has 9 heteroatoms. The highest BCUT2D eigenvalue weighted by molar-refractivity contribution is 9.10. The second-order valence-electron chi connectivity index (χ2n) is 6.38. The molecule has 126 valence electrons. The number of nitrogens with one attached hydrogen (secondary N) is 2. The van der Waals surface area contributed by atoms with E-state index in [1.165, 1.54) is 19.2 Å². The lowest BCUT2D eigenvalue weighted by Gasteiger charge is -2.45. The fourth-order valence-electron chi connectivity index (χ4n) is 3.30. The predicted octanol–water partition coefficient (Wildman–Crippen LogP) is 2.31. The number of amidine groups is 1. The SMILES string of the molecule is C[C@@]1(c2cc(Br)cnc2F)CS(=O)(=O)[C@@](CF)(C2CC2)C(=N)N1. The monoisotopic (exact) mass is 407 g/mol. The third-order valence-electron chi connectivity index (χ3n) is 4.69. The van der Waals surface area contributed by atoms with Crippen molar-refractivity contribution in [3.05, 3.63) is 28.2 Å². The fraction of sp³-hybridized carbons (Fsp3) is 0.571. The van der Waals surface area contributed by atoms with E-state index in [4.69, 9.17) is 5.41 Å². The molecule has 0 aromatic carbocycles. The number of nitrogens with zero attached hydrogens (tertiary/aromatic N) is 1. The number of aromatic nitrogens is 1. The summed E-state index contributed by atoms with van der Waals surface area (Å²) in [5, 5.41) is 10.9. The van der Waals surface area contributed by atoms with E-state index in [0.717, 1.165) is 0 Å². The summed E-state index contributed by atoms with van der Waals surface area (Å²) in [6, 6.07) is 1.43. The maximum atomic E-state index is 14.1. The van der Waals surface area contributed by atoms with Crippen molar-refractivity contribution in [2.45, 2.75) is 30.1 Å². The number of rotatable bonds is 3. The van der Waals surface area contributed by atoms with E-state index < -0.39 is 44.3 Å². The molecule has 0 bridgehead atoms. The minimum atomic E-state index is -3.98. The Hall–Kier alpha value is -1.09. The van der Waals surface area contributed by atoms with E-state index in [9.17, 15) is 17.2 Å². The summed E-state index contributed by atoms with van der Waals surface area (Å²) in [7, 11) is -3.98. The molecule has 2 aliphatic rings. The Morgan fingerprint density at radius 1 is 1.52 bits per heavy atom. The van der Waals surface area contributed by atoms with Gasteiger partial charge < -0.3 is 5.32 Å². The molecule has 0 amide bonds. The average Bonchev–Trinajstić information content (AvgIpc) is 3.25. The van der Waals surface area contributed by atoms with E-state index >= 15 is 0 Å². The van der Waals surface area contributed by atoms with Crippen LogP contribution in [0, 0.1) is 17.3 Å². The molecule has 23 heavy (non-hydrogen) atoms. The topological polar surface area (TPSA) is 82.9 Å². The molecule has 0 spiro atoms. The number of alkyl halides is 1. The molecular weight excluding hydrogens is 392 g/mol. The van der Waals surface area contributed by atoms with Crippen molar-refractivity contribution in [3.8, 4) is 0 Å². The predicted molar refractivity (Wildman–Crippen MR) is 85.3 cm³/mol. The highest BCUT2D eigenvalue weighted by atomic mass is 79.9. The smallest absolute Gasteiger partial charge is 0.218 e. The van der Waals surface area contributed by atoms with Gasteiger partial charge in [0.1, 0.15) is 12.5 Å². The van der Waals surface area contributed by atoms with Gasteiger partial charge >= 0.3 is 0 Å². The van der Waals surface area contributed by atoms with Crippen LogP contribution in [0.3, 0.4) is 0 Å². The summed E-state index contributed by atoms with van der Waals surface area (Å²) in [5.74, 6) is -2.08. The van der Waals surface area contributed by atoms with Gasteiger partial charge in [0.05, 0.1) is 11.3 Å². The van der Waals surface area contributed by atoms with Crippen LogP contribution in [0.15, 0.2) is 16.7 Å². The molecule has 2 atom stereocenters. The van der Waals surface area contributed by atoms with E-state index in [0.29, 0.717) is 17.3 Å².